The Morgan fingerprint density at radius 3 is 2.58 bits per heavy atom. The third-order valence-corrected chi connectivity index (χ3v) is 5.85. The number of amides is 1. The van der Waals surface area contributed by atoms with Crippen LogP contribution in [-0.4, -0.2) is 44.9 Å². The molecule has 1 heterocycles. The van der Waals surface area contributed by atoms with Crippen LogP contribution in [0.3, 0.4) is 0 Å². The molecule has 7 nitrogen and oxygen atoms in total. The molecule has 0 unspecified atom stereocenters. The number of benzene rings is 2. The molecule has 2 aromatic rings. The van der Waals surface area contributed by atoms with Crippen molar-refractivity contribution in [1.82, 2.24) is 4.31 Å². The van der Waals surface area contributed by atoms with Gasteiger partial charge in [0.2, 0.25) is 0 Å². The van der Waals surface area contributed by atoms with E-state index in [-0.39, 0.29) is 29.2 Å². The van der Waals surface area contributed by atoms with Gasteiger partial charge in [-0.1, -0.05) is 23.8 Å². The predicted octanol–water partition coefficient (Wildman–Crippen LogP) is 2.01. The average Bonchev–Trinajstić information content (AvgIpc) is 2.82. The number of aryl methyl sites for hydroxylation is 1. The first kappa shape index (κ1) is 17.9. The smallest absolute Gasteiger partial charge is 0.341 e. The molecular weight excluding hydrogens is 358 g/mol. The molecule has 26 heavy (non-hydrogen) atoms. The van der Waals surface area contributed by atoms with E-state index >= 15 is 0 Å². The summed E-state index contributed by atoms with van der Waals surface area (Å²) in [6.45, 7) is 1.31. The highest BCUT2D eigenvalue weighted by Gasteiger charge is 2.40. The molecule has 0 aliphatic carbocycles. The molecule has 0 atom stereocenters. The van der Waals surface area contributed by atoms with E-state index in [0.717, 1.165) is 9.87 Å². The second-order valence-corrected chi connectivity index (χ2v) is 7.55. The van der Waals surface area contributed by atoms with Crippen molar-refractivity contribution >= 4 is 21.9 Å². The molecule has 1 amide bonds. The molecular formula is C18H17NO6S. The molecule has 1 aliphatic rings. The lowest BCUT2D eigenvalue weighted by atomic mass is 10.1. The highest BCUT2D eigenvalue weighted by atomic mass is 32.2. The van der Waals surface area contributed by atoms with Crippen molar-refractivity contribution in [1.29, 1.82) is 0 Å². The zero-order valence-corrected chi connectivity index (χ0v) is 15.1. The number of nitrogens with zero attached hydrogens (tertiary/aromatic N) is 1. The molecule has 0 N–H and O–H groups in total. The summed E-state index contributed by atoms with van der Waals surface area (Å²) < 4.78 is 35.9. The van der Waals surface area contributed by atoms with E-state index in [1.54, 1.807) is 30.3 Å². The van der Waals surface area contributed by atoms with Crippen LogP contribution >= 0.6 is 0 Å². The maximum atomic E-state index is 12.4. The van der Waals surface area contributed by atoms with Gasteiger partial charge in [-0.15, -0.1) is 0 Å². The Morgan fingerprint density at radius 1 is 1.15 bits per heavy atom. The molecule has 0 bridgehead atoms. The molecule has 0 fully saturated rings. The minimum absolute atomic E-state index is 0.0309. The summed E-state index contributed by atoms with van der Waals surface area (Å²) in [5, 5.41) is 0. The van der Waals surface area contributed by atoms with Crippen molar-refractivity contribution in [2.75, 3.05) is 20.3 Å². The van der Waals surface area contributed by atoms with E-state index in [2.05, 4.69) is 0 Å². The molecule has 0 aromatic heterocycles. The number of rotatable bonds is 5. The van der Waals surface area contributed by atoms with Gasteiger partial charge in [0, 0.05) is 0 Å². The Hall–Kier alpha value is -2.87. The summed E-state index contributed by atoms with van der Waals surface area (Å²) in [6, 6.07) is 11.1. The fourth-order valence-electron chi connectivity index (χ4n) is 2.73. The number of ether oxygens (including phenoxy) is 2. The van der Waals surface area contributed by atoms with Crippen molar-refractivity contribution < 1.29 is 27.5 Å². The van der Waals surface area contributed by atoms with Crippen molar-refractivity contribution in [3.8, 4) is 5.75 Å². The molecule has 0 spiro atoms. The fraction of sp³-hybridized carbons (Fsp3) is 0.222. The lowest BCUT2D eigenvalue weighted by Gasteiger charge is -2.15. The SMILES string of the molecule is COc1ccc(C)cc1C(=O)OCCN1C(=O)c2ccccc2S1(=O)=O. The summed E-state index contributed by atoms with van der Waals surface area (Å²) >= 11 is 0. The van der Waals surface area contributed by atoms with Crippen molar-refractivity contribution in [3.05, 3.63) is 59.2 Å². The van der Waals surface area contributed by atoms with E-state index in [1.807, 2.05) is 6.92 Å². The zero-order chi connectivity index (χ0) is 18.9. The maximum absolute atomic E-state index is 12.4. The predicted molar refractivity (Wildman–Crippen MR) is 92.7 cm³/mol. The molecule has 8 heteroatoms. The minimum atomic E-state index is -3.91. The van der Waals surface area contributed by atoms with Crippen LogP contribution in [0, 0.1) is 6.92 Å². The van der Waals surface area contributed by atoms with Crippen LogP contribution in [0.4, 0.5) is 0 Å². The van der Waals surface area contributed by atoms with Gasteiger partial charge in [-0.3, -0.25) is 4.79 Å². The van der Waals surface area contributed by atoms with Crippen LogP contribution in [0.25, 0.3) is 0 Å². The highest BCUT2D eigenvalue weighted by molar-refractivity contribution is 7.90. The fourth-order valence-corrected chi connectivity index (χ4v) is 4.29. The molecule has 0 radical (unpaired) electrons. The maximum Gasteiger partial charge on any atom is 0.341 e. The van der Waals surface area contributed by atoms with Crippen LogP contribution < -0.4 is 4.74 Å². The van der Waals surface area contributed by atoms with Gasteiger partial charge in [0.25, 0.3) is 15.9 Å². The number of methoxy groups -OCH3 is 1. The van der Waals surface area contributed by atoms with Crippen molar-refractivity contribution in [2.45, 2.75) is 11.8 Å². The summed E-state index contributed by atoms with van der Waals surface area (Å²) in [5.74, 6) is -0.908. The Bertz CT molecular complexity index is 983. The van der Waals surface area contributed by atoms with Gasteiger partial charge in [-0.2, -0.15) is 0 Å². The van der Waals surface area contributed by atoms with Gasteiger partial charge < -0.3 is 9.47 Å². The lowest BCUT2D eigenvalue weighted by molar-refractivity contribution is 0.0474. The van der Waals surface area contributed by atoms with Crippen LogP contribution in [0.5, 0.6) is 5.75 Å². The van der Waals surface area contributed by atoms with E-state index in [0.29, 0.717) is 5.75 Å². The minimum Gasteiger partial charge on any atom is -0.496 e. The number of esters is 1. The van der Waals surface area contributed by atoms with Crippen molar-refractivity contribution in [2.24, 2.45) is 0 Å². The Balaban J connectivity index is 1.71. The summed E-state index contributed by atoms with van der Waals surface area (Å²) in [7, 11) is -2.47. The first-order valence-electron chi connectivity index (χ1n) is 7.84. The van der Waals surface area contributed by atoms with Crippen LogP contribution in [0.2, 0.25) is 0 Å². The number of sulfonamides is 1. The molecule has 3 rings (SSSR count). The Labute approximate surface area is 151 Å². The number of hydrogen-bond acceptors (Lipinski definition) is 6. The van der Waals surface area contributed by atoms with Crippen molar-refractivity contribution in [3.63, 3.8) is 0 Å². The molecule has 2 aromatic carbocycles. The monoisotopic (exact) mass is 375 g/mol. The highest BCUT2D eigenvalue weighted by Crippen LogP contribution is 2.29. The topological polar surface area (TPSA) is 90.0 Å². The quantitative estimate of drug-likeness (QED) is 0.743. The Morgan fingerprint density at radius 2 is 1.88 bits per heavy atom. The van der Waals surface area contributed by atoms with Gasteiger partial charge in [-0.05, 0) is 31.2 Å². The third kappa shape index (κ3) is 3.03. The zero-order valence-electron chi connectivity index (χ0n) is 14.3. The van der Waals surface area contributed by atoms with Gasteiger partial charge in [0.05, 0.1) is 19.2 Å². The third-order valence-electron chi connectivity index (χ3n) is 4.01. The van der Waals surface area contributed by atoms with Crippen LogP contribution in [0.1, 0.15) is 26.3 Å². The number of hydrogen-bond donors (Lipinski definition) is 0. The van der Waals surface area contributed by atoms with E-state index in [4.69, 9.17) is 9.47 Å². The van der Waals surface area contributed by atoms with Crippen LogP contribution in [-0.2, 0) is 14.8 Å². The number of carbonyl (C=O) groups excluding carboxylic acids is 2. The normalized spacial score (nSPS) is 14.8. The first-order valence-corrected chi connectivity index (χ1v) is 9.28. The standard InChI is InChI=1S/C18H17NO6S/c1-12-7-8-15(24-2)14(11-12)18(21)25-10-9-19-17(20)13-5-3-4-6-16(13)26(19,22)23/h3-8,11H,9-10H2,1-2H3. The second kappa shape index (κ2) is 6.80. The van der Waals surface area contributed by atoms with Gasteiger partial charge in [0.15, 0.2) is 0 Å². The summed E-state index contributed by atoms with van der Waals surface area (Å²) in [4.78, 5) is 24.5. The lowest BCUT2D eigenvalue weighted by Crippen LogP contribution is -2.33. The van der Waals surface area contributed by atoms with Crippen LogP contribution in [0.15, 0.2) is 47.4 Å². The number of carbonyl (C=O) groups is 2. The molecule has 136 valence electrons. The number of fused-ring (bicyclic) bond motifs is 1. The largest absolute Gasteiger partial charge is 0.496 e. The molecule has 0 saturated carbocycles. The van der Waals surface area contributed by atoms with Gasteiger partial charge in [0.1, 0.15) is 22.8 Å². The van der Waals surface area contributed by atoms with E-state index in [1.165, 1.54) is 19.2 Å². The molecule has 1 aliphatic heterocycles. The summed E-state index contributed by atoms with van der Waals surface area (Å²) in [5.41, 5.74) is 1.22. The van der Waals surface area contributed by atoms with E-state index in [9.17, 15) is 18.0 Å². The average molecular weight is 375 g/mol. The molecule has 0 saturated heterocycles. The summed E-state index contributed by atoms with van der Waals surface area (Å²) in [6.07, 6.45) is 0. The second-order valence-electron chi connectivity index (χ2n) is 5.72. The van der Waals surface area contributed by atoms with E-state index < -0.39 is 21.9 Å². The first-order chi connectivity index (χ1) is 12.4. The van der Waals surface area contributed by atoms with Gasteiger partial charge >= 0.3 is 5.97 Å². The van der Waals surface area contributed by atoms with Gasteiger partial charge in [-0.25, -0.2) is 17.5 Å². The Kier molecular flexibility index (Phi) is 4.69.